The zero-order valence-electron chi connectivity index (χ0n) is 13.2. The average Bonchev–Trinajstić information content (AvgIpc) is 3.08. The van der Waals surface area contributed by atoms with Crippen LogP contribution in [0.25, 0.3) is 0 Å². The number of carbonyl (C=O) groups is 1. The molecular weight excluding hydrogens is 311 g/mol. The quantitative estimate of drug-likeness (QED) is 0.916. The molecule has 0 bridgehead atoms. The first-order chi connectivity index (χ1) is 11.6. The lowest BCUT2D eigenvalue weighted by atomic mass is 10.1. The number of amides is 1. The maximum atomic E-state index is 14.1. The number of benzene rings is 1. The topological polar surface area (TPSA) is 62.7 Å². The molecular formula is C18H19FN2O3. The summed E-state index contributed by atoms with van der Waals surface area (Å²) in [7, 11) is 0. The molecule has 3 rings (SSSR count). The zero-order valence-corrected chi connectivity index (χ0v) is 13.2. The number of halogens is 1. The van der Waals surface area contributed by atoms with Gasteiger partial charge in [0.2, 0.25) is 0 Å². The van der Waals surface area contributed by atoms with Crippen LogP contribution in [-0.4, -0.2) is 40.2 Å². The number of phenolic OH excluding ortho intramolecular Hbond substituents is 1. The van der Waals surface area contributed by atoms with Gasteiger partial charge in [-0.05, 0) is 36.6 Å². The number of hydrogen-bond donors (Lipinski definition) is 1. The lowest BCUT2D eigenvalue weighted by Crippen LogP contribution is -2.37. The van der Waals surface area contributed by atoms with Crippen molar-refractivity contribution in [1.29, 1.82) is 0 Å². The van der Waals surface area contributed by atoms with Crippen LogP contribution in [0, 0.1) is 5.82 Å². The van der Waals surface area contributed by atoms with Crippen LogP contribution in [0.3, 0.4) is 0 Å². The molecule has 0 unspecified atom stereocenters. The van der Waals surface area contributed by atoms with Crippen molar-refractivity contribution >= 4 is 5.91 Å². The molecule has 1 N–H and O–H groups in total. The van der Waals surface area contributed by atoms with E-state index in [2.05, 4.69) is 4.98 Å². The van der Waals surface area contributed by atoms with Gasteiger partial charge in [0, 0.05) is 38.2 Å². The summed E-state index contributed by atoms with van der Waals surface area (Å²) in [5.74, 6) is -1.36. The molecule has 126 valence electrons. The molecule has 2 aromatic rings. The van der Waals surface area contributed by atoms with E-state index in [1.54, 1.807) is 23.4 Å². The van der Waals surface area contributed by atoms with Gasteiger partial charge in [-0.25, -0.2) is 4.39 Å². The van der Waals surface area contributed by atoms with Gasteiger partial charge in [-0.1, -0.05) is 6.07 Å². The van der Waals surface area contributed by atoms with E-state index in [0.29, 0.717) is 19.7 Å². The van der Waals surface area contributed by atoms with E-state index in [1.807, 2.05) is 6.07 Å². The van der Waals surface area contributed by atoms with Crippen molar-refractivity contribution < 1.29 is 19.0 Å². The minimum absolute atomic E-state index is 0.0363. The molecule has 1 aliphatic rings. The van der Waals surface area contributed by atoms with Crippen LogP contribution in [0.4, 0.5) is 4.39 Å². The van der Waals surface area contributed by atoms with Crippen molar-refractivity contribution in [3.05, 3.63) is 59.7 Å². The van der Waals surface area contributed by atoms with E-state index >= 15 is 0 Å². The van der Waals surface area contributed by atoms with Crippen LogP contribution in [0.2, 0.25) is 0 Å². The van der Waals surface area contributed by atoms with Crippen LogP contribution in [0.5, 0.6) is 5.75 Å². The Bertz CT molecular complexity index is 703. The molecule has 1 aromatic carbocycles. The van der Waals surface area contributed by atoms with Gasteiger partial charge >= 0.3 is 0 Å². The summed E-state index contributed by atoms with van der Waals surface area (Å²) in [5, 5.41) is 9.33. The largest absolute Gasteiger partial charge is 0.508 e. The summed E-state index contributed by atoms with van der Waals surface area (Å²) in [4.78, 5) is 18.4. The summed E-state index contributed by atoms with van der Waals surface area (Å²) in [6.07, 6.45) is 5.16. The van der Waals surface area contributed by atoms with E-state index < -0.39 is 11.7 Å². The highest BCUT2D eigenvalue weighted by molar-refractivity contribution is 5.94. The predicted octanol–water partition coefficient (Wildman–Crippen LogP) is 2.75. The highest BCUT2D eigenvalue weighted by atomic mass is 19.1. The van der Waals surface area contributed by atoms with Crippen LogP contribution >= 0.6 is 0 Å². The molecule has 1 aromatic heterocycles. The Kier molecular flexibility index (Phi) is 5.05. The van der Waals surface area contributed by atoms with Gasteiger partial charge in [-0.3, -0.25) is 9.78 Å². The minimum Gasteiger partial charge on any atom is -0.508 e. The second-order valence-corrected chi connectivity index (χ2v) is 5.85. The maximum absolute atomic E-state index is 14.1. The van der Waals surface area contributed by atoms with Gasteiger partial charge in [-0.15, -0.1) is 0 Å². The molecule has 0 spiro atoms. The highest BCUT2D eigenvalue weighted by Crippen LogP contribution is 2.20. The number of nitrogens with zero attached hydrogens (tertiary/aromatic N) is 2. The number of aromatic nitrogens is 1. The van der Waals surface area contributed by atoms with Crippen molar-refractivity contribution in [1.82, 2.24) is 9.88 Å². The third-order valence-electron chi connectivity index (χ3n) is 4.01. The molecule has 1 saturated heterocycles. The molecule has 2 heterocycles. The Morgan fingerprint density at radius 1 is 1.42 bits per heavy atom. The van der Waals surface area contributed by atoms with E-state index in [4.69, 9.17) is 4.74 Å². The van der Waals surface area contributed by atoms with Crippen LogP contribution in [-0.2, 0) is 11.3 Å². The van der Waals surface area contributed by atoms with Crippen molar-refractivity contribution in [2.75, 3.05) is 13.2 Å². The fourth-order valence-electron chi connectivity index (χ4n) is 2.81. The molecule has 1 atom stereocenters. The fourth-order valence-corrected chi connectivity index (χ4v) is 2.81. The molecule has 0 aliphatic carbocycles. The molecule has 24 heavy (non-hydrogen) atoms. The van der Waals surface area contributed by atoms with Gasteiger partial charge in [0.05, 0.1) is 11.7 Å². The third kappa shape index (κ3) is 3.89. The molecule has 0 radical (unpaired) electrons. The van der Waals surface area contributed by atoms with Crippen molar-refractivity contribution in [3.8, 4) is 5.75 Å². The summed E-state index contributed by atoms with van der Waals surface area (Å²) in [5.41, 5.74) is 0.803. The van der Waals surface area contributed by atoms with Crippen molar-refractivity contribution in [3.63, 3.8) is 0 Å². The monoisotopic (exact) mass is 330 g/mol. The van der Waals surface area contributed by atoms with Gasteiger partial charge in [0.1, 0.15) is 11.6 Å². The second kappa shape index (κ2) is 7.40. The summed E-state index contributed by atoms with van der Waals surface area (Å²) in [6.45, 7) is 1.41. The number of pyridine rings is 1. The first kappa shape index (κ1) is 16.4. The average molecular weight is 330 g/mol. The molecule has 1 amide bonds. The molecule has 5 nitrogen and oxygen atoms in total. The highest BCUT2D eigenvalue weighted by Gasteiger charge is 2.25. The second-order valence-electron chi connectivity index (χ2n) is 5.85. The Morgan fingerprint density at radius 2 is 2.29 bits per heavy atom. The van der Waals surface area contributed by atoms with E-state index in [0.717, 1.165) is 24.5 Å². The van der Waals surface area contributed by atoms with E-state index in [9.17, 15) is 14.3 Å². The van der Waals surface area contributed by atoms with Gasteiger partial charge in [0.25, 0.3) is 5.91 Å². The van der Waals surface area contributed by atoms with E-state index in [1.165, 1.54) is 12.1 Å². The Hall–Kier alpha value is -2.47. The van der Waals surface area contributed by atoms with Crippen molar-refractivity contribution in [2.45, 2.75) is 25.5 Å². The Morgan fingerprint density at radius 3 is 2.96 bits per heavy atom. The number of phenols is 1. The number of rotatable bonds is 5. The molecule has 0 saturated carbocycles. The summed E-state index contributed by atoms with van der Waals surface area (Å²) < 4.78 is 19.7. The number of carbonyl (C=O) groups excluding carboxylic acids is 1. The standard InChI is InChI=1S/C18H19FN2O3/c19-17-9-14(22)5-6-16(17)18(23)21(12-15-4-2-8-24-15)11-13-3-1-7-20-10-13/h1,3,5-7,9-10,15,22H,2,4,8,11-12H2/t15-/m1/s1. The number of aromatic hydroxyl groups is 1. The van der Waals surface area contributed by atoms with Crippen LogP contribution < -0.4 is 0 Å². The molecule has 1 aliphatic heterocycles. The van der Waals surface area contributed by atoms with Gasteiger partial charge in [-0.2, -0.15) is 0 Å². The predicted molar refractivity (Wildman–Crippen MR) is 86.0 cm³/mol. The minimum atomic E-state index is -0.733. The first-order valence-corrected chi connectivity index (χ1v) is 7.92. The van der Waals surface area contributed by atoms with Gasteiger partial charge in [0.15, 0.2) is 0 Å². The Labute approximate surface area is 139 Å². The Balaban J connectivity index is 1.83. The summed E-state index contributed by atoms with van der Waals surface area (Å²) >= 11 is 0. The normalized spacial score (nSPS) is 17.0. The third-order valence-corrected chi connectivity index (χ3v) is 4.01. The molecule has 1 fully saturated rings. The zero-order chi connectivity index (χ0) is 16.9. The molecule has 6 heteroatoms. The fraction of sp³-hybridized carbons (Fsp3) is 0.333. The van der Waals surface area contributed by atoms with Crippen LogP contribution in [0.1, 0.15) is 28.8 Å². The number of hydrogen-bond acceptors (Lipinski definition) is 4. The number of ether oxygens (including phenoxy) is 1. The first-order valence-electron chi connectivity index (χ1n) is 7.92. The SMILES string of the molecule is O=C(c1ccc(O)cc1F)N(Cc1cccnc1)C[C@H]1CCCO1. The summed E-state index contributed by atoms with van der Waals surface area (Å²) in [6, 6.07) is 7.23. The van der Waals surface area contributed by atoms with E-state index in [-0.39, 0.29) is 17.4 Å². The maximum Gasteiger partial charge on any atom is 0.257 e. The van der Waals surface area contributed by atoms with Gasteiger partial charge < -0.3 is 14.7 Å². The lowest BCUT2D eigenvalue weighted by Gasteiger charge is -2.26. The van der Waals surface area contributed by atoms with Crippen molar-refractivity contribution in [2.24, 2.45) is 0 Å². The lowest BCUT2D eigenvalue weighted by molar-refractivity contribution is 0.0503. The van der Waals surface area contributed by atoms with Crippen LogP contribution in [0.15, 0.2) is 42.7 Å². The smallest absolute Gasteiger partial charge is 0.257 e.